The fraction of sp³-hybridized carbons (Fsp3) is 0.586. The van der Waals surface area contributed by atoms with Crippen molar-refractivity contribution >= 4 is 21.4 Å². The van der Waals surface area contributed by atoms with Crippen LogP contribution in [0.15, 0.2) is 47.4 Å². The smallest absolute Gasteiger partial charge is 0.371 e. The third-order valence-corrected chi connectivity index (χ3v) is 10.8. The number of piperazine rings is 1. The number of rotatable bonds is 5. The summed E-state index contributed by atoms with van der Waals surface area (Å²) in [6, 6.07) is 9.10. The number of sulfonamides is 1. The van der Waals surface area contributed by atoms with E-state index >= 15 is 0 Å². The Labute approximate surface area is 228 Å². The predicted molar refractivity (Wildman–Crippen MR) is 145 cm³/mol. The zero-order valence-electron chi connectivity index (χ0n) is 22.3. The molecule has 2 aromatic rings. The van der Waals surface area contributed by atoms with Crippen molar-refractivity contribution < 1.29 is 26.0 Å². The van der Waals surface area contributed by atoms with Gasteiger partial charge in [-0.1, -0.05) is 38.2 Å². The summed E-state index contributed by atoms with van der Waals surface area (Å²) in [5.74, 6) is 0.623. The molecule has 0 N–H and O–H groups in total. The fourth-order valence-electron chi connectivity index (χ4n) is 6.74. The van der Waals surface area contributed by atoms with Crippen LogP contribution in [0, 0.1) is 17.7 Å². The molecule has 2 heterocycles. The average molecular weight is 568 g/mol. The first kappa shape index (κ1) is 28.2. The van der Waals surface area contributed by atoms with Crippen LogP contribution in [0.3, 0.4) is 0 Å². The van der Waals surface area contributed by atoms with Gasteiger partial charge in [-0.3, -0.25) is 0 Å². The Kier molecular flexibility index (Phi) is 8.15. The lowest BCUT2D eigenvalue weighted by Crippen LogP contribution is -2.54. The monoisotopic (exact) mass is 567 g/mol. The Morgan fingerprint density at radius 1 is 0.821 bits per heavy atom. The van der Waals surface area contributed by atoms with Crippen molar-refractivity contribution in [2.45, 2.75) is 69.0 Å². The van der Waals surface area contributed by atoms with Gasteiger partial charge in [-0.15, -0.1) is 0 Å². The number of piperidine rings is 1. The van der Waals surface area contributed by atoms with Crippen molar-refractivity contribution in [2.75, 3.05) is 42.5 Å². The van der Waals surface area contributed by atoms with Crippen LogP contribution < -0.4 is 9.80 Å². The van der Waals surface area contributed by atoms with Gasteiger partial charge in [0.1, 0.15) is 5.82 Å². The summed E-state index contributed by atoms with van der Waals surface area (Å²) in [5.41, 5.74) is -0.289. The molecule has 0 spiro atoms. The van der Waals surface area contributed by atoms with Crippen LogP contribution in [-0.2, 0) is 16.2 Å². The van der Waals surface area contributed by atoms with Gasteiger partial charge in [0.15, 0.2) is 0 Å². The molecule has 1 atom stereocenters. The SMILES string of the molecule is C[C@@H]1CN(c2ccc(F)cc2C(F)(F)F)CCN1S(=O)(=O)c1cccc(N2CCC(C3CCCCC3)CC2)c1. The van der Waals surface area contributed by atoms with Crippen molar-refractivity contribution in [1.29, 1.82) is 0 Å². The highest BCUT2D eigenvalue weighted by Crippen LogP contribution is 2.39. The highest BCUT2D eigenvalue weighted by Gasteiger charge is 2.39. The maximum atomic E-state index is 13.7. The molecule has 1 saturated carbocycles. The van der Waals surface area contributed by atoms with Crippen molar-refractivity contribution in [3.8, 4) is 0 Å². The van der Waals surface area contributed by atoms with Gasteiger partial charge >= 0.3 is 6.18 Å². The first-order chi connectivity index (χ1) is 18.5. The minimum Gasteiger partial charge on any atom is -0.371 e. The Morgan fingerprint density at radius 2 is 1.51 bits per heavy atom. The molecule has 0 radical (unpaired) electrons. The molecule has 3 aliphatic rings. The van der Waals surface area contributed by atoms with E-state index in [0.717, 1.165) is 55.6 Å². The van der Waals surface area contributed by atoms with Crippen molar-refractivity contribution in [2.24, 2.45) is 11.8 Å². The van der Waals surface area contributed by atoms with E-state index in [1.807, 2.05) is 6.07 Å². The second-order valence-corrected chi connectivity index (χ2v) is 13.2. The van der Waals surface area contributed by atoms with E-state index in [2.05, 4.69) is 4.90 Å². The molecule has 2 aromatic carbocycles. The van der Waals surface area contributed by atoms with Gasteiger partial charge < -0.3 is 9.80 Å². The molecule has 5 nitrogen and oxygen atoms in total. The van der Waals surface area contributed by atoms with Crippen LogP contribution in [-0.4, -0.2) is 51.5 Å². The number of halogens is 4. The molecule has 3 fully saturated rings. The summed E-state index contributed by atoms with van der Waals surface area (Å²) in [5, 5.41) is 0. The summed E-state index contributed by atoms with van der Waals surface area (Å²) >= 11 is 0. The zero-order chi connectivity index (χ0) is 27.8. The number of benzene rings is 2. The molecular weight excluding hydrogens is 530 g/mol. The Bertz CT molecular complexity index is 1260. The maximum absolute atomic E-state index is 13.7. The van der Waals surface area contributed by atoms with Gasteiger partial charge in [0, 0.05) is 50.1 Å². The molecule has 0 amide bonds. The summed E-state index contributed by atoms with van der Waals surface area (Å²) < 4.78 is 83.0. The summed E-state index contributed by atoms with van der Waals surface area (Å²) in [7, 11) is -3.85. The van der Waals surface area contributed by atoms with E-state index in [1.165, 1.54) is 41.3 Å². The summed E-state index contributed by atoms with van der Waals surface area (Å²) in [6.45, 7) is 3.71. The van der Waals surface area contributed by atoms with Crippen LogP contribution in [0.5, 0.6) is 0 Å². The van der Waals surface area contributed by atoms with E-state index < -0.39 is 33.6 Å². The molecule has 10 heteroatoms. The van der Waals surface area contributed by atoms with E-state index in [1.54, 1.807) is 25.1 Å². The zero-order valence-corrected chi connectivity index (χ0v) is 23.2. The molecule has 1 aliphatic carbocycles. The quantitative estimate of drug-likeness (QED) is 0.385. The summed E-state index contributed by atoms with van der Waals surface area (Å²) in [6.07, 6.45) is 4.24. The van der Waals surface area contributed by atoms with E-state index in [0.29, 0.717) is 6.07 Å². The molecule has 39 heavy (non-hydrogen) atoms. The number of hydrogen-bond donors (Lipinski definition) is 0. The minimum absolute atomic E-state index is 0.0369. The van der Waals surface area contributed by atoms with E-state index in [-0.39, 0.29) is 30.2 Å². The average Bonchev–Trinajstić information content (AvgIpc) is 2.93. The molecule has 214 valence electrons. The van der Waals surface area contributed by atoms with Crippen LogP contribution >= 0.6 is 0 Å². The topological polar surface area (TPSA) is 43.9 Å². The summed E-state index contributed by atoms with van der Waals surface area (Å²) in [4.78, 5) is 3.96. The van der Waals surface area contributed by atoms with Gasteiger partial charge in [-0.05, 0) is 68.0 Å². The lowest BCUT2D eigenvalue weighted by molar-refractivity contribution is -0.137. The van der Waals surface area contributed by atoms with Crippen LogP contribution in [0.1, 0.15) is 57.4 Å². The Morgan fingerprint density at radius 3 is 2.18 bits per heavy atom. The number of alkyl halides is 3. The van der Waals surface area contributed by atoms with Gasteiger partial charge in [0.05, 0.1) is 10.5 Å². The Hall–Kier alpha value is -2.33. The number of anilines is 2. The van der Waals surface area contributed by atoms with Crippen molar-refractivity contribution in [3.63, 3.8) is 0 Å². The minimum atomic E-state index is -4.71. The largest absolute Gasteiger partial charge is 0.418 e. The second-order valence-electron chi connectivity index (χ2n) is 11.3. The fourth-order valence-corrected chi connectivity index (χ4v) is 8.39. The molecular formula is C29H37F4N3O2S. The molecule has 0 bridgehead atoms. The van der Waals surface area contributed by atoms with E-state index in [4.69, 9.17) is 0 Å². The van der Waals surface area contributed by atoms with Crippen molar-refractivity contribution in [1.82, 2.24) is 4.31 Å². The standard InChI is InChI=1S/C29H37F4N3O2S/c1-21-20-35(28-11-10-24(30)18-27(28)29(31,32)33)16-17-36(21)39(37,38)26-9-5-8-25(19-26)34-14-12-23(13-15-34)22-6-3-2-4-7-22/h5,8-11,18-19,21-23H,2-4,6-7,12-17,20H2,1H3/t21-/m1/s1. The van der Waals surface area contributed by atoms with Gasteiger partial charge in [-0.25, -0.2) is 12.8 Å². The van der Waals surface area contributed by atoms with Crippen LogP contribution in [0.25, 0.3) is 0 Å². The Balaban J connectivity index is 1.27. The normalized spacial score (nSPS) is 22.8. The van der Waals surface area contributed by atoms with Gasteiger partial charge in [0.2, 0.25) is 10.0 Å². The molecule has 5 rings (SSSR count). The first-order valence-electron chi connectivity index (χ1n) is 14.0. The third kappa shape index (κ3) is 6.06. The highest BCUT2D eigenvalue weighted by atomic mass is 32.2. The van der Waals surface area contributed by atoms with Gasteiger partial charge in [-0.2, -0.15) is 17.5 Å². The highest BCUT2D eigenvalue weighted by molar-refractivity contribution is 7.89. The molecule has 2 saturated heterocycles. The van der Waals surface area contributed by atoms with Crippen LogP contribution in [0.4, 0.5) is 28.9 Å². The first-order valence-corrected chi connectivity index (χ1v) is 15.5. The lowest BCUT2D eigenvalue weighted by atomic mass is 9.76. The number of nitrogens with zero attached hydrogens (tertiary/aromatic N) is 3. The molecule has 0 unspecified atom stereocenters. The van der Waals surface area contributed by atoms with Gasteiger partial charge in [0.25, 0.3) is 0 Å². The maximum Gasteiger partial charge on any atom is 0.418 e. The van der Waals surface area contributed by atoms with Crippen molar-refractivity contribution in [3.05, 3.63) is 53.8 Å². The third-order valence-electron chi connectivity index (χ3n) is 8.82. The van der Waals surface area contributed by atoms with Crippen LogP contribution in [0.2, 0.25) is 0 Å². The lowest BCUT2D eigenvalue weighted by Gasteiger charge is -2.41. The second kappa shape index (κ2) is 11.3. The van der Waals surface area contributed by atoms with E-state index in [9.17, 15) is 26.0 Å². The molecule has 2 aliphatic heterocycles. The molecule has 0 aromatic heterocycles. The predicted octanol–water partition coefficient (Wildman–Crippen LogP) is 6.54. The number of hydrogen-bond acceptors (Lipinski definition) is 4.